The zero-order valence-corrected chi connectivity index (χ0v) is 24.6. The SMILES string of the molecule is COc1cc(Nc2ncc(C(F)(F)F)c(N3OCC[C@H]3c3ccccc3)n2)ccc1N1CCN(C2CCN(C)CC2)CC1. The molecule has 0 spiro atoms. The summed E-state index contributed by atoms with van der Waals surface area (Å²) in [5.74, 6) is 0.395. The van der Waals surface area contributed by atoms with Crippen molar-refractivity contribution in [1.29, 1.82) is 0 Å². The van der Waals surface area contributed by atoms with E-state index in [1.807, 2.05) is 48.5 Å². The molecule has 3 aliphatic rings. The van der Waals surface area contributed by atoms with Crippen LogP contribution in [-0.2, 0) is 11.0 Å². The van der Waals surface area contributed by atoms with Gasteiger partial charge in [-0.05, 0) is 50.7 Å². The van der Waals surface area contributed by atoms with Crippen molar-refractivity contribution in [3.63, 3.8) is 0 Å². The molecular weight excluding hydrogens is 559 g/mol. The van der Waals surface area contributed by atoms with Crippen LogP contribution in [0.1, 0.15) is 36.4 Å². The second-order valence-corrected chi connectivity index (χ2v) is 11.4. The van der Waals surface area contributed by atoms with Crippen LogP contribution < -0.4 is 20.0 Å². The summed E-state index contributed by atoms with van der Waals surface area (Å²) < 4.78 is 47.9. The molecular formula is C31H38F3N7O2. The molecule has 1 N–H and O–H groups in total. The summed E-state index contributed by atoms with van der Waals surface area (Å²) >= 11 is 0. The number of likely N-dealkylation sites (tertiary alicyclic amines) is 1. The Morgan fingerprint density at radius 1 is 0.953 bits per heavy atom. The number of benzene rings is 2. The van der Waals surface area contributed by atoms with E-state index in [-0.39, 0.29) is 18.4 Å². The minimum Gasteiger partial charge on any atom is -0.495 e. The molecule has 3 aromatic rings. The number of hydroxylamine groups is 1. The van der Waals surface area contributed by atoms with E-state index < -0.39 is 17.8 Å². The molecule has 0 unspecified atom stereocenters. The van der Waals surface area contributed by atoms with Crippen molar-refractivity contribution < 1.29 is 22.7 Å². The molecule has 0 aliphatic carbocycles. The number of alkyl halides is 3. The van der Waals surface area contributed by atoms with Gasteiger partial charge in [-0.2, -0.15) is 18.2 Å². The first kappa shape index (κ1) is 29.5. The summed E-state index contributed by atoms with van der Waals surface area (Å²) in [5, 5.41) is 4.34. The lowest BCUT2D eigenvalue weighted by Gasteiger charge is -2.43. The van der Waals surface area contributed by atoms with Gasteiger partial charge in [0.25, 0.3) is 0 Å². The molecule has 3 saturated heterocycles. The molecule has 43 heavy (non-hydrogen) atoms. The van der Waals surface area contributed by atoms with Crippen molar-refractivity contribution in [2.75, 3.05) is 75.3 Å². The van der Waals surface area contributed by atoms with Gasteiger partial charge in [0.1, 0.15) is 11.3 Å². The molecule has 1 aromatic heterocycles. The average molecular weight is 598 g/mol. The normalized spacial score (nSPS) is 20.9. The molecule has 0 saturated carbocycles. The van der Waals surface area contributed by atoms with Crippen LogP contribution >= 0.6 is 0 Å². The van der Waals surface area contributed by atoms with Gasteiger partial charge in [-0.25, -0.2) is 10.0 Å². The number of halogens is 3. The quantitative estimate of drug-likeness (QED) is 0.388. The largest absolute Gasteiger partial charge is 0.495 e. The number of methoxy groups -OCH3 is 1. The molecule has 0 amide bonds. The van der Waals surface area contributed by atoms with E-state index in [1.165, 1.54) is 17.9 Å². The fraction of sp³-hybridized carbons (Fsp3) is 0.484. The van der Waals surface area contributed by atoms with Gasteiger partial charge in [-0.15, -0.1) is 0 Å². The molecule has 4 heterocycles. The van der Waals surface area contributed by atoms with Gasteiger partial charge in [0, 0.05) is 56.6 Å². The van der Waals surface area contributed by atoms with Crippen molar-refractivity contribution in [3.05, 3.63) is 65.9 Å². The summed E-state index contributed by atoms with van der Waals surface area (Å²) in [6, 6.07) is 15.3. The fourth-order valence-corrected chi connectivity index (χ4v) is 6.29. The van der Waals surface area contributed by atoms with E-state index in [2.05, 4.69) is 37.0 Å². The number of ether oxygens (including phenoxy) is 1. The van der Waals surface area contributed by atoms with Crippen LogP contribution in [0.15, 0.2) is 54.7 Å². The highest BCUT2D eigenvalue weighted by atomic mass is 19.4. The second kappa shape index (κ2) is 12.6. The van der Waals surface area contributed by atoms with E-state index in [1.54, 1.807) is 7.11 Å². The first-order valence-electron chi connectivity index (χ1n) is 14.8. The monoisotopic (exact) mass is 597 g/mol. The smallest absolute Gasteiger partial charge is 0.421 e. The van der Waals surface area contributed by atoms with Crippen LogP contribution in [0.4, 0.5) is 36.3 Å². The van der Waals surface area contributed by atoms with Gasteiger partial charge in [0.2, 0.25) is 5.95 Å². The number of hydrogen-bond acceptors (Lipinski definition) is 9. The highest BCUT2D eigenvalue weighted by Gasteiger charge is 2.40. The average Bonchev–Trinajstić information content (AvgIpc) is 3.52. The Kier molecular flexibility index (Phi) is 8.60. The number of nitrogens with one attached hydrogen (secondary N) is 1. The summed E-state index contributed by atoms with van der Waals surface area (Å²) in [5.41, 5.74) is 1.50. The minimum absolute atomic E-state index is 0.0341. The predicted octanol–water partition coefficient (Wildman–Crippen LogP) is 5.35. The number of aromatic nitrogens is 2. The van der Waals surface area contributed by atoms with E-state index in [0.29, 0.717) is 23.9 Å². The highest BCUT2D eigenvalue weighted by Crippen LogP contribution is 2.42. The lowest BCUT2D eigenvalue weighted by molar-refractivity contribution is -0.138. The van der Waals surface area contributed by atoms with Crippen LogP contribution in [0.25, 0.3) is 0 Å². The molecule has 9 nitrogen and oxygen atoms in total. The Hall–Kier alpha value is -3.61. The van der Waals surface area contributed by atoms with E-state index >= 15 is 0 Å². The third-order valence-corrected chi connectivity index (χ3v) is 8.67. The zero-order valence-electron chi connectivity index (χ0n) is 24.6. The lowest BCUT2D eigenvalue weighted by atomic mass is 10.0. The Labute approximate surface area is 250 Å². The van der Waals surface area contributed by atoms with E-state index in [0.717, 1.165) is 56.7 Å². The molecule has 2 aromatic carbocycles. The summed E-state index contributed by atoms with van der Waals surface area (Å²) in [6.45, 7) is 6.39. The standard InChI is InChI=1S/C31H38F3N7O2/c1-38-13-10-24(11-14-38)39-15-17-40(18-16-39)27-9-8-23(20-28(27)42-2)36-30-35-21-25(31(32,33)34)29(37-30)41-26(12-19-43-41)22-6-4-3-5-7-22/h3-9,20-21,24,26H,10-19H2,1-2H3,(H,35,36,37)/t26-/m0/s1. The fourth-order valence-electron chi connectivity index (χ4n) is 6.29. The summed E-state index contributed by atoms with van der Waals surface area (Å²) in [4.78, 5) is 21.4. The first-order valence-corrected chi connectivity index (χ1v) is 14.8. The van der Waals surface area contributed by atoms with Crippen molar-refractivity contribution in [3.8, 4) is 5.75 Å². The van der Waals surface area contributed by atoms with Gasteiger partial charge in [-0.1, -0.05) is 30.3 Å². The Bertz CT molecular complexity index is 1380. The van der Waals surface area contributed by atoms with E-state index in [9.17, 15) is 13.2 Å². The van der Waals surface area contributed by atoms with Crippen molar-refractivity contribution in [1.82, 2.24) is 19.8 Å². The predicted molar refractivity (Wildman–Crippen MR) is 160 cm³/mol. The summed E-state index contributed by atoms with van der Waals surface area (Å²) in [7, 11) is 3.81. The van der Waals surface area contributed by atoms with Gasteiger partial charge in [0.15, 0.2) is 5.82 Å². The Morgan fingerprint density at radius 3 is 2.40 bits per heavy atom. The Balaban J connectivity index is 1.19. The maximum atomic E-state index is 14.0. The lowest BCUT2D eigenvalue weighted by Crippen LogP contribution is -2.53. The third kappa shape index (κ3) is 6.51. The van der Waals surface area contributed by atoms with Crippen molar-refractivity contribution in [2.45, 2.75) is 37.5 Å². The van der Waals surface area contributed by atoms with Gasteiger partial charge < -0.3 is 19.9 Å². The molecule has 230 valence electrons. The number of rotatable bonds is 7. The van der Waals surface area contributed by atoms with Gasteiger partial charge >= 0.3 is 6.18 Å². The van der Waals surface area contributed by atoms with Gasteiger partial charge in [-0.3, -0.25) is 9.74 Å². The van der Waals surface area contributed by atoms with E-state index in [4.69, 9.17) is 9.57 Å². The Morgan fingerprint density at radius 2 is 1.70 bits per heavy atom. The van der Waals surface area contributed by atoms with Crippen LogP contribution in [0, 0.1) is 0 Å². The zero-order chi connectivity index (χ0) is 30.0. The molecule has 3 fully saturated rings. The van der Waals surface area contributed by atoms with Crippen molar-refractivity contribution in [2.24, 2.45) is 0 Å². The second-order valence-electron chi connectivity index (χ2n) is 11.4. The maximum Gasteiger partial charge on any atom is 0.421 e. The number of hydrogen-bond donors (Lipinski definition) is 1. The number of nitrogens with zero attached hydrogens (tertiary/aromatic N) is 6. The summed E-state index contributed by atoms with van der Waals surface area (Å²) in [6.07, 6.45) is -0.873. The maximum absolute atomic E-state index is 14.0. The molecule has 0 bridgehead atoms. The third-order valence-electron chi connectivity index (χ3n) is 8.67. The molecule has 3 aliphatic heterocycles. The van der Waals surface area contributed by atoms with Gasteiger partial charge in [0.05, 0.1) is 25.4 Å². The molecule has 0 radical (unpaired) electrons. The topological polar surface area (TPSA) is 69.2 Å². The van der Waals surface area contributed by atoms with Crippen LogP contribution in [-0.4, -0.2) is 85.8 Å². The van der Waals surface area contributed by atoms with Crippen LogP contribution in [0.3, 0.4) is 0 Å². The number of piperidine rings is 1. The minimum atomic E-state index is -4.65. The molecule has 1 atom stereocenters. The van der Waals surface area contributed by atoms with Crippen molar-refractivity contribution >= 4 is 23.1 Å². The van der Waals surface area contributed by atoms with Crippen LogP contribution in [0.2, 0.25) is 0 Å². The van der Waals surface area contributed by atoms with Crippen LogP contribution in [0.5, 0.6) is 5.75 Å². The molecule has 12 heteroatoms. The first-order chi connectivity index (χ1) is 20.8. The number of piperazine rings is 1. The molecule has 6 rings (SSSR count). The number of anilines is 4. The highest BCUT2D eigenvalue weighted by molar-refractivity contribution is 5.68.